The minimum absolute atomic E-state index is 0.0469. The van der Waals surface area contributed by atoms with Crippen LogP contribution in [-0.4, -0.2) is 13.0 Å². The van der Waals surface area contributed by atoms with Gasteiger partial charge in [0.1, 0.15) is 0 Å². The van der Waals surface area contributed by atoms with E-state index in [0.717, 1.165) is 16.9 Å². The number of carbonyl (C=O) groups is 1. The van der Waals surface area contributed by atoms with E-state index in [0.29, 0.717) is 28.0 Å². The van der Waals surface area contributed by atoms with E-state index >= 15 is 0 Å². The standard InChI is InChI=1S/C16H14Cl3NOS/c17-12-3-1-11(2-4-12)9-22-16(8-20-10-21)14-6-5-13(18)7-15(14)19/h1-7,10,16H,8-9H2,(H,20,21). The third-order valence-corrected chi connectivity index (χ3v) is 5.20. The normalized spacial score (nSPS) is 12.0. The number of hydrogen-bond donors (Lipinski definition) is 1. The number of thioether (sulfide) groups is 1. The molecule has 0 bridgehead atoms. The number of nitrogens with one attached hydrogen (secondary N) is 1. The van der Waals surface area contributed by atoms with Gasteiger partial charge in [-0.1, -0.05) is 53.0 Å². The Bertz CT molecular complexity index is 634. The summed E-state index contributed by atoms with van der Waals surface area (Å²) in [6, 6.07) is 13.1. The second-order valence-electron chi connectivity index (χ2n) is 4.62. The molecule has 22 heavy (non-hydrogen) atoms. The van der Waals surface area contributed by atoms with Gasteiger partial charge in [-0.3, -0.25) is 4.79 Å². The summed E-state index contributed by atoms with van der Waals surface area (Å²) in [5.74, 6) is 0.793. The zero-order valence-corrected chi connectivity index (χ0v) is 14.6. The molecule has 1 N–H and O–H groups in total. The number of halogens is 3. The quantitative estimate of drug-likeness (QED) is 0.660. The van der Waals surface area contributed by atoms with Gasteiger partial charge in [0.05, 0.1) is 0 Å². The first-order chi connectivity index (χ1) is 10.6. The van der Waals surface area contributed by atoms with Crippen LogP contribution < -0.4 is 5.32 Å². The zero-order chi connectivity index (χ0) is 15.9. The van der Waals surface area contributed by atoms with Crippen LogP contribution in [0.15, 0.2) is 42.5 Å². The molecule has 0 aliphatic rings. The van der Waals surface area contributed by atoms with Crippen LogP contribution in [-0.2, 0) is 10.5 Å². The number of rotatable bonds is 7. The Kier molecular flexibility index (Phi) is 6.90. The molecule has 1 unspecified atom stereocenters. The first-order valence-electron chi connectivity index (χ1n) is 6.58. The molecule has 2 aromatic rings. The van der Waals surface area contributed by atoms with Gasteiger partial charge in [0.15, 0.2) is 0 Å². The third-order valence-electron chi connectivity index (χ3n) is 3.06. The van der Waals surface area contributed by atoms with Crippen molar-refractivity contribution in [2.75, 3.05) is 6.54 Å². The van der Waals surface area contributed by atoms with Gasteiger partial charge in [-0.05, 0) is 35.4 Å². The summed E-state index contributed by atoms with van der Waals surface area (Å²) in [6.07, 6.45) is 0.694. The minimum atomic E-state index is 0.0469. The van der Waals surface area contributed by atoms with Crippen LogP contribution in [0.3, 0.4) is 0 Å². The lowest BCUT2D eigenvalue weighted by Gasteiger charge is -2.18. The molecule has 0 saturated heterocycles. The van der Waals surface area contributed by atoms with Crippen molar-refractivity contribution in [2.45, 2.75) is 11.0 Å². The fourth-order valence-electron chi connectivity index (χ4n) is 1.95. The van der Waals surface area contributed by atoms with Crippen LogP contribution in [0.1, 0.15) is 16.4 Å². The predicted molar refractivity (Wildman–Crippen MR) is 96.0 cm³/mol. The molecule has 2 aromatic carbocycles. The summed E-state index contributed by atoms with van der Waals surface area (Å²) < 4.78 is 0. The molecular formula is C16H14Cl3NOS. The van der Waals surface area contributed by atoms with Crippen LogP contribution in [0.4, 0.5) is 0 Å². The lowest BCUT2D eigenvalue weighted by molar-refractivity contribution is -0.109. The van der Waals surface area contributed by atoms with Gasteiger partial charge in [-0.2, -0.15) is 0 Å². The van der Waals surface area contributed by atoms with Gasteiger partial charge < -0.3 is 5.32 Å². The first kappa shape index (κ1) is 17.5. The lowest BCUT2D eigenvalue weighted by atomic mass is 10.1. The molecule has 116 valence electrons. The highest BCUT2D eigenvalue weighted by Crippen LogP contribution is 2.36. The predicted octanol–water partition coefficient (Wildman–Crippen LogP) is 5.37. The van der Waals surface area contributed by atoms with Gasteiger partial charge >= 0.3 is 0 Å². The van der Waals surface area contributed by atoms with E-state index in [1.807, 2.05) is 30.3 Å². The average molecular weight is 375 g/mol. The van der Waals surface area contributed by atoms with Crippen LogP contribution in [0.2, 0.25) is 15.1 Å². The van der Waals surface area contributed by atoms with E-state index in [2.05, 4.69) is 5.32 Å². The Morgan fingerprint density at radius 2 is 1.73 bits per heavy atom. The molecule has 6 heteroatoms. The molecule has 1 amide bonds. The third kappa shape index (κ3) is 5.10. The van der Waals surface area contributed by atoms with Gasteiger partial charge in [0.25, 0.3) is 0 Å². The molecule has 0 spiro atoms. The van der Waals surface area contributed by atoms with Gasteiger partial charge in [0, 0.05) is 32.6 Å². The van der Waals surface area contributed by atoms with E-state index in [1.165, 1.54) is 0 Å². The maximum absolute atomic E-state index is 10.6. The van der Waals surface area contributed by atoms with E-state index in [1.54, 1.807) is 23.9 Å². The number of amides is 1. The summed E-state index contributed by atoms with van der Waals surface area (Å²) in [6.45, 7) is 0.503. The van der Waals surface area contributed by atoms with Crippen molar-refractivity contribution < 1.29 is 4.79 Å². The van der Waals surface area contributed by atoms with Crippen molar-refractivity contribution in [3.05, 3.63) is 68.7 Å². The molecule has 1 atom stereocenters. The Morgan fingerprint density at radius 3 is 2.36 bits per heavy atom. The Morgan fingerprint density at radius 1 is 1.05 bits per heavy atom. The zero-order valence-electron chi connectivity index (χ0n) is 11.6. The monoisotopic (exact) mass is 373 g/mol. The fourth-order valence-corrected chi connectivity index (χ4v) is 3.87. The Hall–Kier alpha value is -0.870. The smallest absolute Gasteiger partial charge is 0.207 e. The molecule has 0 aliphatic carbocycles. The molecule has 0 saturated carbocycles. The highest BCUT2D eigenvalue weighted by Gasteiger charge is 2.15. The lowest BCUT2D eigenvalue weighted by Crippen LogP contribution is -2.18. The maximum Gasteiger partial charge on any atom is 0.207 e. The van der Waals surface area contributed by atoms with Crippen molar-refractivity contribution in [1.29, 1.82) is 0 Å². The van der Waals surface area contributed by atoms with Crippen LogP contribution in [0.25, 0.3) is 0 Å². The summed E-state index contributed by atoms with van der Waals surface area (Å²) in [7, 11) is 0. The average Bonchev–Trinajstić information content (AvgIpc) is 2.50. The minimum Gasteiger partial charge on any atom is -0.357 e. The summed E-state index contributed by atoms with van der Waals surface area (Å²) in [5, 5.41) is 4.68. The molecule has 0 heterocycles. The molecule has 2 nitrogen and oxygen atoms in total. The van der Waals surface area contributed by atoms with Crippen LogP contribution in [0.5, 0.6) is 0 Å². The number of carbonyl (C=O) groups excluding carboxylic acids is 1. The van der Waals surface area contributed by atoms with Gasteiger partial charge in [-0.25, -0.2) is 0 Å². The van der Waals surface area contributed by atoms with Crippen molar-refractivity contribution in [3.63, 3.8) is 0 Å². The van der Waals surface area contributed by atoms with Crippen molar-refractivity contribution >= 4 is 53.0 Å². The van der Waals surface area contributed by atoms with E-state index in [4.69, 9.17) is 34.8 Å². The van der Waals surface area contributed by atoms with Crippen molar-refractivity contribution in [2.24, 2.45) is 0 Å². The summed E-state index contributed by atoms with van der Waals surface area (Å²) in [4.78, 5) is 10.6. The SMILES string of the molecule is O=CNCC(SCc1ccc(Cl)cc1)c1ccc(Cl)cc1Cl. The summed E-state index contributed by atoms with van der Waals surface area (Å²) >= 11 is 19.8. The van der Waals surface area contributed by atoms with Crippen LogP contribution in [0, 0.1) is 0 Å². The topological polar surface area (TPSA) is 29.1 Å². The van der Waals surface area contributed by atoms with E-state index in [-0.39, 0.29) is 5.25 Å². The van der Waals surface area contributed by atoms with E-state index in [9.17, 15) is 4.79 Å². The largest absolute Gasteiger partial charge is 0.357 e. The molecule has 0 radical (unpaired) electrons. The molecular weight excluding hydrogens is 361 g/mol. The highest BCUT2D eigenvalue weighted by atomic mass is 35.5. The van der Waals surface area contributed by atoms with E-state index < -0.39 is 0 Å². The molecule has 0 aromatic heterocycles. The van der Waals surface area contributed by atoms with Gasteiger partial charge in [-0.15, -0.1) is 11.8 Å². The second kappa shape index (κ2) is 8.68. The Balaban J connectivity index is 2.11. The summed E-state index contributed by atoms with van der Waals surface area (Å²) in [5.41, 5.74) is 2.12. The Labute approximate surface area is 149 Å². The number of hydrogen-bond acceptors (Lipinski definition) is 2. The number of benzene rings is 2. The maximum atomic E-state index is 10.6. The van der Waals surface area contributed by atoms with Crippen molar-refractivity contribution in [3.8, 4) is 0 Å². The van der Waals surface area contributed by atoms with Crippen molar-refractivity contribution in [1.82, 2.24) is 5.32 Å². The molecule has 0 aliphatic heterocycles. The van der Waals surface area contributed by atoms with Gasteiger partial charge in [0.2, 0.25) is 6.41 Å². The van der Waals surface area contributed by atoms with Crippen LogP contribution >= 0.6 is 46.6 Å². The fraction of sp³-hybridized carbons (Fsp3) is 0.188. The first-order valence-corrected chi connectivity index (χ1v) is 8.76. The second-order valence-corrected chi connectivity index (χ2v) is 7.09. The molecule has 2 rings (SSSR count). The molecule has 0 fully saturated rings. The highest BCUT2D eigenvalue weighted by molar-refractivity contribution is 7.98.